The zero-order valence-electron chi connectivity index (χ0n) is 24.5. The molecule has 0 saturated heterocycles. The molecule has 5 rings (SSSR count). The SMILES string of the molecule is COc1cc(Oc2ccnc3cc(OC)c(OC)cc23)ccc1NC(=O)c1nn(C(C)C)c(=O)n(-c2ccc(F)cc2)c1=O. The van der Waals surface area contributed by atoms with E-state index in [2.05, 4.69) is 15.4 Å². The fourth-order valence-corrected chi connectivity index (χ4v) is 4.47. The van der Waals surface area contributed by atoms with E-state index in [1.54, 1.807) is 50.4 Å². The van der Waals surface area contributed by atoms with Crippen LogP contribution in [0.1, 0.15) is 30.4 Å². The van der Waals surface area contributed by atoms with Crippen molar-refractivity contribution in [2.75, 3.05) is 26.6 Å². The van der Waals surface area contributed by atoms with E-state index in [-0.39, 0.29) is 17.1 Å². The Morgan fingerprint density at radius 1 is 0.864 bits per heavy atom. The van der Waals surface area contributed by atoms with E-state index < -0.39 is 34.7 Å². The monoisotopic (exact) mass is 601 g/mol. The second kappa shape index (κ2) is 12.3. The van der Waals surface area contributed by atoms with Crippen LogP contribution < -0.4 is 35.5 Å². The molecule has 0 radical (unpaired) electrons. The summed E-state index contributed by atoms with van der Waals surface area (Å²) in [5.74, 6) is 0.689. The van der Waals surface area contributed by atoms with Crippen LogP contribution in [-0.4, -0.2) is 46.6 Å². The number of ether oxygens (including phenoxy) is 4. The molecular formula is C31H28FN5O7. The minimum absolute atomic E-state index is 0.0889. The van der Waals surface area contributed by atoms with Gasteiger partial charge in [-0.25, -0.2) is 18.4 Å². The lowest BCUT2D eigenvalue weighted by molar-refractivity contribution is 0.101. The fraction of sp³-hybridized carbons (Fsp3) is 0.194. The van der Waals surface area contributed by atoms with Crippen LogP contribution in [-0.2, 0) is 0 Å². The van der Waals surface area contributed by atoms with Gasteiger partial charge in [0.25, 0.3) is 11.5 Å². The van der Waals surface area contributed by atoms with E-state index in [9.17, 15) is 18.8 Å². The number of pyridine rings is 1. The molecule has 0 aliphatic carbocycles. The number of rotatable bonds is 9. The van der Waals surface area contributed by atoms with Crippen LogP contribution in [0.4, 0.5) is 10.1 Å². The quantitative estimate of drug-likeness (QED) is 0.254. The zero-order chi connectivity index (χ0) is 31.5. The van der Waals surface area contributed by atoms with Crippen LogP contribution in [0.5, 0.6) is 28.7 Å². The molecule has 0 spiro atoms. The van der Waals surface area contributed by atoms with Crippen molar-refractivity contribution >= 4 is 22.5 Å². The number of nitrogens with one attached hydrogen (secondary N) is 1. The zero-order valence-corrected chi connectivity index (χ0v) is 24.5. The molecule has 12 nitrogen and oxygen atoms in total. The first kappa shape index (κ1) is 29.8. The molecule has 0 aliphatic heterocycles. The van der Waals surface area contributed by atoms with Gasteiger partial charge in [0.15, 0.2) is 11.5 Å². The molecular weight excluding hydrogens is 573 g/mol. The molecule has 13 heteroatoms. The van der Waals surface area contributed by atoms with Gasteiger partial charge in [-0.15, -0.1) is 0 Å². The van der Waals surface area contributed by atoms with Crippen molar-refractivity contribution in [2.24, 2.45) is 0 Å². The van der Waals surface area contributed by atoms with Gasteiger partial charge < -0.3 is 24.3 Å². The Hall–Kier alpha value is -5.72. The number of hydrogen-bond donors (Lipinski definition) is 1. The highest BCUT2D eigenvalue weighted by Gasteiger charge is 2.23. The summed E-state index contributed by atoms with van der Waals surface area (Å²) in [6, 6.07) is 14.1. The Bertz CT molecular complexity index is 1990. The van der Waals surface area contributed by atoms with E-state index in [1.165, 1.54) is 39.5 Å². The number of benzene rings is 3. The van der Waals surface area contributed by atoms with Gasteiger partial charge >= 0.3 is 5.69 Å². The maximum absolute atomic E-state index is 13.5. The van der Waals surface area contributed by atoms with Gasteiger partial charge in [0.2, 0.25) is 5.69 Å². The summed E-state index contributed by atoms with van der Waals surface area (Å²) in [7, 11) is 4.48. The molecule has 1 N–H and O–H groups in total. The maximum atomic E-state index is 13.5. The minimum atomic E-state index is -0.966. The van der Waals surface area contributed by atoms with Crippen molar-refractivity contribution in [3.05, 3.63) is 99.2 Å². The van der Waals surface area contributed by atoms with Gasteiger partial charge in [0.05, 0.1) is 44.3 Å². The Morgan fingerprint density at radius 2 is 1.55 bits per heavy atom. The summed E-state index contributed by atoms with van der Waals surface area (Å²) >= 11 is 0. The van der Waals surface area contributed by atoms with Crippen LogP contribution >= 0.6 is 0 Å². The van der Waals surface area contributed by atoms with Crippen molar-refractivity contribution in [1.29, 1.82) is 0 Å². The van der Waals surface area contributed by atoms with Crippen LogP contribution in [0.25, 0.3) is 16.6 Å². The summed E-state index contributed by atoms with van der Waals surface area (Å²) in [6.07, 6.45) is 1.59. The highest BCUT2D eigenvalue weighted by atomic mass is 19.1. The highest BCUT2D eigenvalue weighted by molar-refractivity contribution is 6.03. The molecule has 2 heterocycles. The third kappa shape index (κ3) is 5.67. The molecule has 0 fully saturated rings. The maximum Gasteiger partial charge on any atom is 0.352 e. The summed E-state index contributed by atoms with van der Waals surface area (Å²) < 4.78 is 37.7. The number of carbonyl (C=O) groups is 1. The van der Waals surface area contributed by atoms with Gasteiger partial charge in [0, 0.05) is 23.7 Å². The summed E-state index contributed by atoms with van der Waals surface area (Å²) in [4.78, 5) is 44.2. The number of carbonyl (C=O) groups excluding carboxylic acids is 1. The van der Waals surface area contributed by atoms with Crippen LogP contribution in [0.15, 0.2) is 76.4 Å². The molecule has 0 aliphatic rings. The van der Waals surface area contributed by atoms with Crippen molar-refractivity contribution in [2.45, 2.75) is 19.9 Å². The van der Waals surface area contributed by atoms with Crippen LogP contribution in [0, 0.1) is 5.82 Å². The Kier molecular flexibility index (Phi) is 8.29. The number of halogens is 1. The topological polar surface area (TPSA) is 136 Å². The lowest BCUT2D eigenvalue weighted by atomic mass is 10.1. The lowest BCUT2D eigenvalue weighted by Gasteiger charge is -2.16. The summed E-state index contributed by atoms with van der Waals surface area (Å²) in [5.41, 5.74) is -1.35. The van der Waals surface area contributed by atoms with E-state index in [0.717, 1.165) is 21.4 Å². The predicted octanol–water partition coefficient (Wildman–Crippen LogP) is 4.73. The largest absolute Gasteiger partial charge is 0.494 e. The van der Waals surface area contributed by atoms with Crippen LogP contribution in [0.2, 0.25) is 0 Å². The number of aromatic nitrogens is 4. The molecule has 0 atom stereocenters. The van der Waals surface area contributed by atoms with Gasteiger partial charge in [0.1, 0.15) is 23.1 Å². The molecule has 0 bridgehead atoms. The number of nitrogens with zero attached hydrogens (tertiary/aromatic N) is 4. The molecule has 44 heavy (non-hydrogen) atoms. The third-order valence-corrected chi connectivity index (χ3v) is 6.65. The van der Waals surface area contributed by atoms with E-state index in [0.29, 0.717) is 33.9 Å². The lowest BCUT2D eigenvalue weighted by Crippen LogP contribution is -2.45. The van der Waals surface area contributed by atoms with Crippen molar-refractivity contribution in [3.63, 3.8) is 0 Å². The third-order valence-electron chi connectivity index (χ3n) is 6.65. The molecule has 0 unspecified atom stereocenters. The molecule has 0 saturated carbocycles. The average molecular weight is 602 g/mol. The molecule has 1 amide bonds. The number of fused-ring (bicyclic) bond motifs is 1. The van der Waals surface area contributed by atoms with Gasteiger partial charge in [-0.2, -0.15) is 5.10 Å². The summed E-state index contributed by atoms with van der Waals surface area (Å²) in [6.45, 7) is 3.35. The van der Waals surface area contributed by atoms with Crippen LogP contribution in [0.3, 0.4) is 0 Å². The van der Waals surface area contributed by atoms with Crippen molar-refractivity contribution < 1.29 is 28.1 Å². The summed E-state index contributed by atoms with van der Waals surface area (Å²) in [5, 5.41) is 7.35. The van der Waals surface area contributed by atoms with E-state index in [1.807, 2.05) is 0 Å². The average Bonchev–Trinajstić information content (AvgIpc) is 3.01. The predicted molar refractivity (Wildman–Crippen MR) is 160 cm³/mol. The Labute approximate surface area is 250 Å². The smallest absolute Gasteiger partial charge is 0.352 e. The number of amides is 1. The molecule has 226 valence electrons. The van der Waals surface area contributed by atoms with E-state index >= 15 is 0 Å². The number of hydrogen-bond acceptors (Lipinski definition) is 9. The standard InChI is InChI=1S/C31H28FN5O7/c1-17(2)37-31(40)36(19-8-6-18(32)7-9-19)30(39)28(35-37)29(38)34-22-11-10-20(14-25(22)41-3)44-24-12-13-33-23-16-27(43-5)26(42-4)15-21(23)24/h6-17H,1-5H3,(H,34,38). The molecule has 3 aromatic carbocycles. The van der Waals surface area contributed by atoms with E-state index in [4.69, 9.17) is 18.9 Å². The first-order chi connectivity index (χ1) is 21.1. The fourth-order valence-electron chi connectivity index (χ4n) is 4.47. The minimum Gasteiger partial charge on any atom is -0.494 e. The first-order valence-corrected chi connectivity index (χ1v) is 13.3. The first-order valence-electron chi connectivity index (χ1n) is 13.3. The Balaban J connectivity index is 1.48. The highest BCUT2D eigenvalue weighted by Crippen LogP contribution is 2.38. The van der Waals surface area contributed by atoms with Crippen molar-refractivity contribution in [1.82, 2.24) is 19.3 Å². The second-order valence-electron chi connectivity index (χ2n) is 9.74. The normalized spacial score (nSPS) is 11.0. The van der Waals surface area contributed by atoms with Gasteiger partial charge in [-0.1, -0.05) is 0 Å². The second-order valence-corrected chi connectivity index (χ2v) is 9.74. The molecule has 5 aromatic rings. The van der Waals surface area contributed by atoms with Gasteiger partial charge in [-0.3, -0.25) is 14.6 Å². The Morgan fingerprint density at radius 3 is 2.20 bits per heavy atom. The number of methoxy groups -OCH3 is 3. The van der Waals surface area contributed by atoms with Gasteiger partial charge in [-0.05, 0) is 62.4 Å². The van der Waals surface area contributed by atoms with Crippen molar-refractivity contribution in [3.8, 4) is 34.4 Å². The molecule has 2 aromatic heterocycles. The number of anilines is 1.